The summed E-state index contributed by atoms with van der Waals surface area (Å²) in [6, 6.07) is 0.459. The van der Waals surface area contributed by atoms with E-state index < -0.39 is 5.72 Å². The molecule has 0 unspecified atom stereocenters. The summed E-state index contributed by atoms with van der Waals surface area (Å²) in [6.07, 6.45) is 13.5. The van der Waals surface area contributed by atoms with E-state index >= 15 is 0 Å². The summed E-state index contributed by atoms with van der Waals surface area (Å²) in [5.74, 6) is 0.542. The normalized spacial score (nSPS) is 42.5. The van der Waals surface area contributed by atoms with Crippen LogP contribution in [0.25, 0.3) is 0 Å². The number of carbonyl (C=O) groups is 1. The first-order valence-corrected chi connectivity index (χ1v) is 12.4. The number of carbonyl (C=O) groups excluding carboxylic acids is 1. The van der Waals surface area contributed by atoms with E-state index in [1.807, 2.05) is 6.92 Å². The molecule has 0 aromatic carbocycles. The maximum Gasteiger partial charge on any atom is 0.350 e. The second-order valence-electron chi connectivity index (χ2n) is 9.97. The van der Waals surface area contributed by atoms with Gasteiger partial charge in [-0.3, -0.25) is 9.37 Å². The molecule has 5 heterocycles. The minimum atomic E-state index is -0.714. The molecule has 0 bridgehead atoms. The van der Waals surface area contributed by atoms with Gasteiger partial charge in [0.25, 0.3) is 0 Å². The first-order valence-electron chi connectivity index (χ1n) is 12.4. The highest BCUT2D eigenvalue weighted by Crippen LogP contribution is 2.45. The average molecular weight is 468 g/mol. The molecule has 5 aliphatic heterocycles. The number of halogens is 1. The van der Waals surface area contributed by atoms with Crippen molar-refractivity contribution in [3.05, 3.63) is 12.2 Å². The fourth-order valence-electron chi connectivity index (χ4n) is 6.63. The number of rotatable bonds is 3. The van der Waals surface area contributed by atoms with Crippen molar-refractivity contribution < 1.29 is 36.0 Å². The number of hydrogen-bond donors (Lipinski definition) is 2. The standard InChI is InChI=1S/C24H37N3O4.ClH/c1-4-18-10-6-7-13-23(31-18)15-17-11-12-19-20(21(28)29-5-2)24(14-8-9-16(3)30-24)26-22(25-23)27(17)19;/h6,10,16-20H,4-5,7-9,11-15H2,1-3H3,(H,25,26);1H/t16-,17+,18+,19-,20-,23+,24-;/m1./s1. The molecule has 0 aromatic rings. The third-order valence-corrected chi connectivity index (χ3v) is 7.89. The lowest BCUT2D eigenvalue weighted by molar-refractivity contribution is -0.609. The Hall–Kier alpha value is -1.31. The molecule has 32 heavy (non-hydrogen) atoms. The van der Waals surface area contributed by atoms with Gasteiger partial charge in [0.15, 0.2) is 11.6 Å². The minimum absolute atomic E-state index is 0. The Kier molecular flexibility index (Phi) is 6.81. The van der Waals surface area contributed by atoms with Crippen LogP contribution in [0.1, 0.15) is 78.6 Å². The van der Waals surface area contributed by atoms with Crippen molar-refractivity contribution in [3.63, 3.8) is 0 Å². The fraction of sp³-hybridized carbons (Fsp3) is 0.833. The Bertz CT molecular complexity index is 789. The van der Waals surface area contributed by atoms with Crippen LogP contribution in [-0.4, -0.2) is 58.9 Å². The van der Waals surface area contributed by atoms with Crippen molar-refractivity contribution in [3.8, 4) is 0 Å². The summed E-state index contributed by atoms with van der Waals surface area (Å²) < 4.78 is 21.3. The quantitative estimate of drug-likeness (QED) is 0.340. The summed E-state index contributed by atoms with van der Waals surface area (Å²) in [7, 11) is 0. The van der Waals surface area contributed by atoms with Crippen molar-refractivity contribution >= 4 is 11.9 Å². The maximum atomic E-state index is 13.2. The summed E-state index contributed by atoms with van der Waals surface area (Å²) in [5, 5.41) is 7.52. The molecular formula is C24H38ClN3O4. The average Bonchev–Trinajstić information content (AvgIpc) is 3.03. The number of nitrogens with zero attached hydrogens (tertiary/aromatic N) is 1. The van der Waals surface area contributed by atoms with Gasteiger partial charge in [0.2, 0.25) is 5.72 Å². The Morgan fingerprint density at radius 3 is 2.81 bits per heavy atom. The van der Waals surface area contributed by atoms with Crippen LogP contribution in [0.15, 0.2) is 12.2 Å². The van der Waals surface area contributed by atoms with Gasteiger partial charge < -0.3 is 26.6 Å². The second kappa shape index (κ2) is 9.15. The first kappa shape index (κ1) is 23.8. The van der Waals surface area contributed by atoms with E-state index in [9.17, 15) is 4.79 Å². The highest BCUT2D eigenvalue weighted by Gasteiger charge is 2.64. The molecular weight excluding hydrogens is 430 g/mol. The maximum absolute atomic E-state index is 13.2. The zero-order chi connectivity index (χ0) is 21.6. The lowest BCUT2D eigenvalue weighted by Gasteiger charge is -2.50. The van der Waals surface area contributed by atoms with E-state index in [1.54, 1.807) is 0 Å². The molecule has 0 amide bonds. The molecule has 2 N–H and O–H groups in total. The lowest BCUT2D eigenvalue weighted by Crippen LogP contribution is -3.00. The predicted octanol–water partition coefficient (Wildman–Crippen LogP) is -0.207. The third-order valence-electron chi connectivity index (χ3n) is 7.89. The first-order chi connectivity index (χ1) is 15.0. The molecule has 5 aliphatic rings. The molecule has 7 nitrogen and oxygen atoms in total. The molecule has 0 aliphatic carbocycles. The van der Waals surface area contributed by atoms with E-state index in [2.05, 4.69) is 41.2 Å². The highest BCUT2D eigenvalue weighted by molar-refractivity contribution is 5.82. The van der Waals surface area contributed by atoms with Crippen LogP contribution in [-0.2, 0) is 19.0 Å². The molecule has 8 heteroatoms. The van der Waals surface area contributed by atoms with Crippen molar-refractivity contribution in [1.29, 1.82) is 0 Å². The lowest BCUT2D eigenvalue weighted by atomic mass is 9.80. The molecule has 2 spiro atoms. The van der Waals surface area contributed by atoms with Gasteiger partial charge in [-0.15, -0.1) is 0 Å². The Morgan fingerprint density at radius 1 is 1.22 bits per heavy atom. The zero-order valence-corrected chi connectivity index (χ0v) is 20.3. The van der Waals surface area contributed by atoms with Gasteiger partial charge in [-0.1, -0.05) is 19.1 Å². The molecule has 2 saturated heterocycles. The van der Waals surface area contributed by atoms with Gasteiger partial charge in [-0.2, -0.15) is 0 Å². The Balaban J connectivity index is 0.00000245. The van der Waals surface area contributed by atoms with Gasteiger partial charge in [0.1, 0.15) is 0 Å². The van der Waals surface area contributed by atoms with Crippen molar-refractivity contribution in [2.75, 3.05) is 6.61 Å². The van der Waals surface area contributed by atoms with E-state index in [0.717, 1.165) is 63.7 Å². The van der Waals surface area contributed by atoms with E-state index in [1.165, 1.54) is 0 Å². The molecule has 0 radical (unpaired) electrons. The second-order valence-corrected chi connectivity index (χ2v) is 9.97. The minimum Gasteiger partial charge on any atom is -1.00 e. The van der Waals surface area contributed by atoms with Crippen LogP contribution in [0.2, 0.25) is 0 Å². The van der Waals surface area contributed by atoms with Crippen molar-refractivity contribution in [1.82, 2.24) is 10.6 Å². The number of hydrogen-bond acceptors (Lipinski definition) is 6. The number of guanidine groups is 1. The Morgan fingerprint density at radius 2 is 2.06 bits per heavy atom. The van der Waals surface area contributed by atoms with E-state index in [0.29, 0.717) is 12.6 Å². The van der Waals surface area contributed by atoms with Crippen molar-refractivity contribution in [2.24, 2.45) is 5.92 Å². The number of nitrogens with one attached hydrogen (secondary N) is 2. The topological polar surface area (TPSA) is 71.8 Å². The smallest absolute Gasteiger partial charge is 0.350 e. The van der Waals surface area contributed by atoms with Crippen LogP contribution in [0.4, 0.5) is 0 Å². The van der Waals surface area contributed by atoms with Crippen LogP contribution in [0, 0.1) is 5.92 Å². The van der Waals surface area contributed by atoms with Crippen LogP contribution >= 0.6 is 0 Å². The molecule has 0 aromatic heterocycles. The molecule has 2 fully saturated rings. The summed E-state index contributed by atoms with van der Waals surface area (Å²) >= 11 is 0. The van der Waals surface area contributed by atoms with Crippen molar-refractivity contribution in [2.45, 2.75) is 114 Å². The third kappa shape index (κ3) is 3.94. The van der Waals surface area contributed by atoms with Gasteiger partial charge in [0.05, 0.1) is 30.9 Å². The van der Waals surface area contributed by atoms with Gasteiger partial charge in [-0.05, 0) is 52.4 Å². The zero-order valence-electron chi connectivity index (χ0n) is 19.6. The van der Waals surface area contributed by atoms with Gasteiger partial charge in [0, 0.05) is 19.3 Å². The molecule has 7 atom stereocenters. The van der Waals surface area contributed by atoms with E-state index in [-0.39, 0.29) is 48.3 Å². The molecule has 5 rings (SSSR count). The highest BCUT2D eigenvalue weighted by atomic mass is 35.5. The number of esters is 1. The fourth-order valence-corrected chi connectivity index (χ4v) is 6.63. The SMILES string of the molecule is CCOC(=O)[C@H]1[C@H]2CC[C@H]3C[C@@]4(CCC=C[C@H](CC)O4)NC(=[N+]32)N[C@@]12CCC[C@@H](C)O2.[Cl-]. The summed E-state index contributed by atoms with van der Waals surface area (Å²) in [6.45, 7) is 6.57. The van der Waals surface area contributed by atoms with Gasteiger partial charge in [-0.25, -0.2) is 10.6 Å². The molecule has 0 saturated carbocycles. The van der Waals surface area contributed by atoms with Gasteiger partial charge >= 0.3 is 11.9 Å². The summed E-state index contributed by atoms with van der Waals surface area (Å²) in [5.41, 5.74) is -1.09. The van der Waals surface area contributed by atoms with Crippen LogP contribution < -0.4 is 23.0 Å². The molecule has 180 valence electrons. The van der Waals surface area contributed by atoms with E-state index in [4.69, 9.17) is 14.2 Å². The predicted molar refractivity (Wildman–Crippen MR) is 116 cm³/mol. The summed E-state index contributed by atoms with van der Waals surface area (Å²) in [4.78, 5) is 13.2. The Labute approximate surface area is 197 Å². The number of ether oxygens (including phenoxy) is 3. The van der Waals surface area contributed by atoms with Crippen LogP contribution in [0.5, 0.6) is 0 Å². The monoisotopic (exact) mass is 467 g/mol. The number of allylic oxidation sites excluding steroid dienone is 1. The largest absolute Gasteiger partial charge is 1.00 e. The van der Waals surface area contributed by atoms with Crippen LogP contribution in [0.3, 0.4) is 0 Å².